The van der Waals surface area contributed by atoms with Crippen LogP contribution in [-0.2, 0) is 38.0 Å². The number of carbonyl (C=O) groups is 1. The van der Waals surface area contributed by atoms with Gasteiger partial charge in [-0.2, -0.15) is 0 Å². The minimum atomic E-state index is -1.60. The van der Waals surface area contributed by atoms with Gasteiger partial charge in [0.15, 0.2) is 6.29 Å². The van der Waals surface area contributed by atoms with Crippen LogP contribution in [0.2, 0.25) is 0 Å². The van der Waals surface area contributed by atoms with Crippen LogP contribution in [0.25, 0.3) is 0 Å². The van der Waals surface area contributed by atoms with Gasteiger partial charge in [-0.05, 0) is 94.8 Å². The maximum absolute atomic E-state index is 12.6. The van der Waals surface area contributed by atoms with E-state index in [1.165, 1.54) is 7.11 Å². The van der Waals surface area contributed by atoms with Crippen LogP contribution < -0.4 is 0 Å². The highest BCUT2D eigenvalue weighted by Gasteiger charge is 2.68. The standard InChI is InChI=1S/C43H72O17/c1-20(45)25-10-13-43(53)27-7-6-22-14-23(8-11-41(22,3)26(27)9-12-42(25,43)4)58-40-38(52)39(54-5)24(21(2)57-40)16-55-17-30-34(48)37(51)35(49)31(60-30)19-56-18-29-33(47)36(50)32(46)28(15-44)59-29/h21-40,44,46-53H,6-19H2,1-5H3/t21-,22+,23+,24-,25-,26+,27-,28-,29+,30+,31-,32-,33+,34+,35-,36+,37-,38-,39+,40+,41+,42-,43+/m1/s1. The van der Waals surface area contributed by atoms with Crippen LogP contribution in [0.15, 0.2) is 0 Å². The van der Waals surface area contributed by atoms with E-state index in [0.29, 0.717) is 18.3 Å². The second kappa shape index (κ2) is 18.5. The van der Waals surface area contributed by atoms with Gasteiger partial charge in [-0.25, -0.2) is 0 Å². The molecule has 3 saturated heterocycles. The SMILES string of the molecule is CO[C@@H]1[C@@H](O)[C@H](O[C@H]2CC[C@@]3(C)[C@@H](CC[C@@H]4[C@@H]3CC[C@]3(C)[C@@H](C(C)=O)CC[C@]43O)C2)O[C@H](C)[C@H]1COC[C@@H]1O[C@H](COC[C@@H]2O[C@H](CO)[C@@H](O)[C@H](O)[C@H]2O)[C@@H](O)[C@H](O)[C@H]1O. The van der Waals surface area contributed by atoms with Gasteiger partial charge < -0.3 is 79.1 Å². The zero-order valence-corrected chi connectivity index (χ0v) is 35.7. The fraction of sp³-hybridized carbons (Fsp3) is 0.977. The number of carbonyl (C=O) groups excluding carboxylic acids is 1. The molecule has 0 aromatic carbocycles. The quantitative estimate of drug-likeness (QED) is 0.103. The number of methoxy groups -OCH3 is 1. The van der Waals surface area contributed by atoms with Crippen molar-refractivity contribution in [3.8, 4) is 0 Å². The van der Waals surface area contributed by atoms with Crippen molar-refractivity contribution in [2.24, 2.45) is 40.4 Å². The number of ether oxygens (including phenoxy) is 7. The highest BCUT2D eigenvalue weighted by Crippen LogP contribution is 2.69. The van der Waals surface area contributed by atoms with Crippen LogP contribution in [-0.4, -0.2) is 189 Å². The fourth-order valence-corrected chi connectivity index (χ4v) is 13.1. The van der Waals surface area contributed by atoms with Gasteiger partial charge in [0.2, 0.25) is 0 Å². The lowest BCUT2D eigenvalue weighted by Crippen LogP contribution is -2.63. The number of fused-ring (bicyclic) bond motifs is 5. The number of rotatable bonds is 13. The largest absolute Gasteiger partial charge is 0.394 e. The molecular weight excluding hydrogens is 788 g/mol. The van der Waals surface area contributed by atoms with Gasteiger partial charge in [-0.15, -0.1) is 0 Å². The maximum Gasteiger partial charge on any atom is 0.186 e. The van der Waals surface area contributed by atoms with Crippen molar-refractivity contribution in [1.82, 2.24) is 0 Å². The molecule has 3 heterocycles. The van der Waals surface area contributed by atoms with E-state index < -0.39 is 104 Å². The molecular formula is C43H72O17. The Morgan fingerprint density at radius 2 is 1.27 bits per heavy atom. The van der Waals surface area contributed by atoms with E-state index in [1.807, 2.05) is 6.92 Å². The topological polar surface area (TPSA) is 264 Å². The Morgan fingerprint density at radius 1 is 0.683 bits per heavy atom. The molecule has 0 aromatic rings. The summed E-state index contributed by atoms with van der Waals surface area (Å²) in [7, 11) is 1.51. The van der Waals surface area contributed by atoms with Crippen molar-refractivity contribution in [3.05, 3.63) is 0 Å². The summed E-state index contributed by atoms with van der Waals surface area (Å²) in [5.41, 5.74) is -1.13. The zero-order valence-electron chi connectivity index (χ0n) is 35.7. The Morgan fingerprint density at radius 3 is 1.85 bits per heavy atom. The van der Waals surface area contributed by atoms with Gasteiger partial charge in [0.25, 0.3) is 0 Å². The number of aliphatic hydroxyl groups excluding tert-OH is 8. The van der Waals surface area contributed by atoms with Crippen LogP contribution >= 0.6 is 0 Å². The fourth-order valence-electron chi connectivity index (χ4n) is 13.1. The number of ketones is 1. The maximum atomic E-state index is 12.6. The van der Waals surface area contributed by atoms with Gasteiger partial charge >= 0.3 is 0 Å². The molecule has 7 aliphatic rings. The number of Topliss-reactive ketones (excluding diaryl/α,β-unsaturated/α-hetero) is 1. The average Bonchev–Trinajstić information content (AvgIpc) is 3.51. The Kier molecular flexibility index (Phi) is 14.5. The second-order valence-corrected chi connectivity index (χ2v) is 19.8. The lowest BCUT2D eigenvalue weighted by molar-refractivity contribution is -0.309. The zero-order chi connectivity index (χ0) is 43.5. The van der Waals surface area contributed by atoms with Crippen molar-refractivity contribution in [1.29, 1.82) is 0 Å². The third-order valence-corrected chi connectivity index (χ3v) is 16.8. The molecule has 4 aliphatic carbocycles. The van der Waals surface area contributed by atoms with Crippen LogP contribution in [0.4, 0.5) is 0 Å². The smallest absolute Gasteiger partial charge is 0.186 e. The van der Waals surface area contributed by atoms with Crippen molar-refractivity contribution < 1.29 is 83.9 Å². The molecule has 0 spiro atoms. The summed E-state index contributed by atoms with van der Waals surface area (Å²) in [6.45, 7) is 6.76. The predicted octanol–water partition coefficient (Wildman–Crippen LogP) is -0.803. The molecule has 0 amide bonds. The van der Waals surface area contributed by atoms with Crippen LogP contribution in [0.1, 0.15) is 85.5 Å². The molecule has 0 radical (unpaired) electrons. The van der Waals surface area contributed by atoms with Crippen molar-refractivity contribution >= 4 is 5.78 Å². The number of aliphatic hydroxyl groups is 9. The van der Waals surface area contributed by atoms with Crippen molar-refractivity contribution in [2.75, 3.05) is 40.1 Å². The summed E-state index contributed by atoms with van der Waals surface area (Å²) < 4.78 is 41.6. The summed E-state index contributed by atoms with van der Waals surface area (Å²) in [4.78, 5) is 12.6. The molecule has 9 N–H and O–H groups in total. The summed E-state index contributed by atoms with van der Waals surface area (Å²) in [5.74, 6) is 0.654. The molecule has 0 aromatic heterocycles. The Balaban J connectivity index is 0.892. The summed E-state index contributed by atoms with van der Waals surface area (Å²) in [6, 6.07) is 0. The highest BCUT2D eigenvalue weighted by atomic mass is 16.7. The van der Waals surface area contributed by atoms with E-state index in [4.69, 9.17) is 33.2 Å². The van der Waals surface area contributed by atoms with Crippen LogP contribution in [0.5, 0.6) is 0 Å². The summed E-state index contributed by atoms with van der Waals surface area (Å²) in [6.07, 6.45) is -9.10. The predicted molar refractivity (Wildman–Crippen MR) is 209 cm³/mol. The van der Waals surface area contributed by atoms with E-state index in [9.17, 15) is 50.8 Å². The van der Waals surface area contributed by atoms with E-state index in [2.05, 4.69) is 13.8 Å². The molecule has 346 valence electrons. The first-order valence-corrected chi connectivity index (χ1v) is 22.3. The van der Waals surface area contributed by atoms with Crippen LogP contribution in [0, 0.1) is 40.4 Å². The van der Waals surface area contributed by atoms with Gasteiger partial charge in [-0.3, -0.25) is 4.79 Å². The third-order valence-electron chi connectivity index (χ3n) is 16.8. The van der Waals surface area contributed by atoms with E-state index in [-0.39, 0.29) is 61.0 Å². The van der Waals surface area contributed by atoms with Gasteiger partial charge in [0.05, 0.1) is 56.9 Å². The van der Waals surface area contributed by atoms with Gasteiger partial charge in [0, 0.05) is 24.4 Å². The molecule has 0 unspecified atom stereocenters. The normalized spacial score (nSPS) is 53.2. The van der Waals surface area contributed by atoms with Crippen LogP contribution in [0.3, 0.4) is 0 Å². The minimum absolute atomic E-state index is 0.0396. The first-order valence-electron chi connectivity index (χ1n) is 22.3. The van der Waals surface area contributed by atoms with E-state index in [0.717, 1.165) is 51.4 Å². The molecule has 4 saturated carbocycles. The van der Waals surface area contributed by atoms with Crippen molar-refractivity contribution in [2.45, 2.75) is 183 Å². The minimum Gasteiger partial charge on any atom is -0.394 e. The molecule has 7 rings (SSSR count). The lowest BCUT2D eigenvalue weighted by Gasteiger charge is -2.63. The Hall–Kier alpha value is -0.970. The second-order valence-electron chi connectivity index (χ2n) is 19.8. The van der Waals surface area contributed by atoms with E-state index in [1.54, 1.807) is 6.92 Å². The van der Waals surface area contributed by atoms with Crippen molar-refractivity contribution in [3.63, 3.8) is 0 Å². The monoisotopic (exact) mass is 860 g/mol. The summed E-state index contributed by atoms with van der Waals surface area (Å²) in [5, 5.41) is 95.7. The Labute approximate surface area is 352 Å². The molecule has 17 nitrogen and oxygen atoms in total. The van der Waals surface area contributed by atoms with E-state index >= 15 is 0 Å². The molecule has 60 heavy (non-hydrogen) atoms. The lowest BCUT2D eigenvalue weighted by atomic mass is 9.43. The Bertz CT molecular complexity index is 1460. The number of hydrogen-bond acceptors (Lipinski definition) is 17. The third kappa shape index (κ3) is 8.28. The van der Waals surface area contributed by atoms with Gasteiger partial charge in [-0.1, -0.05) is 13.8 Å². The highest BCUT2D eigenvalue weighted by molar-refractivity contribution is 5.80. The molecule has 23 atom stereocenters. The average molecular weight is 861 g/mol. The summed E-state index contributed by atoms with van der Waals surface area (Å²) >= 11 is 0. The molecule has 0 bridgehead atoms. The van der Waals surface area contributed by atoms with Gasteiger partial charge in [0.1, 0.15) is 72.9 Å². The first-order chi connectivity index (χ1) is 28.4. The molecule has 17 heteroatoms. The number of hydrogen-bond donors (Lipinski definition) is 9. The molecule has 7 fully saturated rings. The molecule has 3 aliphatic heterocycles. The first kappa shape index (κ1) is 47.0.